The number of methoxy groups -OCH3 is 1. The predicted molar refractivity (Wildman–Crippen MR) is 231 cm³/mol. The van der Waals surface area contributed by atoms with Crippen LogP contribution >= 0.6 is 0 Å². The average Bonchev–Trinajstić information content (AvgIpc) is 3.50. The number of aromatic hydroxyl groups is 3. The van der Waals surface area contributed by atoms with Crippen molar-refractivity contribution in [2.24, 2.45) is 28.8 Å². The number of carbonyl (C=O) groups is 3. The molecule has 1 saturated heterocycles. The molecule has 1 amide bonds. The van der Waals surface area contributed by atoms with Gasteiger partial charge in [-0.1, -0.05) is 51.1 Å². The van der Waals surface area contributed by atoms with Crippen molar-refractivity contribution in [1.82, 2.24) is 9.80 Å². The van der Waals surface area contributed by atoms with Gasteiger partial charge in [-0.3, -0.25) is 19.3 Å². The number of nitrogens with one attached hydrogen (secondary N) is 1. The van der Waals surface area contributed by atoms with Crippen molar-refractivity contribution in [3.63, 3.8) is 0 Å². The molecule has 9 unspecified atom stereocenters. The molecule has 0 spiro atoms. The van der Waals surface area contributed by atoms with Gasteiger partial charge in [0, 0.05) is 93.9 Å². The zero-order valence-corrected chi connectivity index (χ0v) is 37.2. The lowest BCUT2D eigenvalue weighted by atomic mass is 9.78. The number of rotatable bonds is 7. The summed E-state index contributed by atoms with van der Waals surface area (Å²) in [6, 6.07) is 0. The summed E-state index contributed by atoms with van der Waals surface area (Å²) in [5.74, 6) is -8.61. The van der Waals surface area contributed by atoms with Gasteiger partial charge in [0.05, 0.1) is 53.0 Å². The Morgan fingerprint density at radius 2 is 1.65 bits per heavy atom. The summed E-state index contributed by atoms with van der Waals surface area (Å²) >= 11 is 0. The van der Waals surface area contributed by atoms with Gasteiger partial charge in [-0.05, 0) is 27.0 Å². The average molecular weight is 867 g/mol. The Morgan fingerprint density at radius 3 is 2.29 bits per heavy atom. The minimum absolute atomic E-state index is 0.0372. The van der Waals surface area contributed by atoms with Gasteiger partial charge in [-0.25, -0.2) is 0 Å². The molecule has 0 aromatic heterocycles. The van der Waals surface area contributed by atoms with Gasteiger partial charge in [0.2, 0.25) is 0 Å². The maximum atomic E-state index is 14.4. The third-order valence-corrected chi connectivity index (χ3v) is 12.4. The minimum atomic E-state index is -2.06. The number of allylic oxidation sites excluding steroid dienone is 2. The molecule has 2 aromatic rings. The number of esters is 1. The number of hydrogen-bond acceptors (Lipinski definition) is 16. The molecule has 6 rings (SSSR count). The van der Waals surface area contributed by atoms with E-state index in [2.05, 4.69) is 27.3 Å². The van der Waals surface area contributed by atoms with Crippen molar-refractivity contribution in [1.29, 1.82) is 0 Å². The second kappa shape index (κ2) is 19.9. The SMILES string of the molecule is COC1/C=C/OC2(C)Oc3c(C)c(O)c4c(O)c(c(/C=N\OCCN5CCN(C)CC5)c(O)c4c3C2=O)NC(=O)/C(C)=C/C=C/C(C)C(O)C(C)C(O)C(C)C(OC(C)=O)C1C. The van der Waals surface area contributed by atoms with Crippen molar-refractivity contribution in [2.45, 2.75) is 85.6 Å². The number of carbonyl (C=O) groups excluding carboxylic acids is 3. The molecule has 4 aliphatic heterocycles. The Kier molecular flexibility index (Phi) is 15.3. The van der Waals surface area contributed by atoms with Gasteiger partial charge < -0.3 is 59.5 Å². The number of likely N-dealkylation sites (N-methyl/N-ethyl adjacent to an activating group) is 1. The number of ketones is 1. The molecule has 62 heavy (non-hydrogen) atoms. The second-order valence-electron chi connectivity index (χ2n) is 16.8. The largest absolute Gasteiger partial charge is 0.507 e. The van der Waals surface area contributed by atoms with Crippen LogP contribution in [0.4, 0.5) is 5.69 Å². The fraction of sp³-hybridized carbons (Fsp3) is 0.556. The minimum Gasteiger partial charge on any atom is -0.507 e. The number of phenolic OH excluding ortho intramolecular Hbond substituents is 3. The van der Waals surface area contributed by atoms with Crippen LogP contribution in [-0.2, 0) is 28.6 Å². The molecule has 0 aliphatic carbocycles. The van der Waals surface area contributed by atoms with Crippen molar-refractivity contribution < 1.29 is 63.7 Å². The number of phenols is 3. The number of Topliss-reactive ketones (excluding diaryl/α,β-unsaturated/α-hetero) is 1. The molecule has 4 heterocycles. The normalized spacial score (nSPS) is 31.3. The highest BCUT2D eigenvalue weighted by Crippen LogP contribution is 2.55. The summed E-state index contributed by atoms with van der Waals surface area (Å²) in [6.45, 7) is 16.8. The molecular formula is C45H62N4O13. The van der Waals surface area contributed by atoms with Gasteiger partial charge in [0.15, 0.2) is 5.75 Å². The highest BCUT2D eigenvalue weighted by molar-refractivity contribution is 6.23. The fourth-order valence-electron chi connectivity index (χ4n) is 8.26. The lowest BCUT2D eigenvalue weighted by Gasteiger charge is -2.38. The van der Waals surface area contributed by atoms with E-state index in [4.69, 9.17) is 23.8 Å². The number of aliphatic hydroxyl groups is 2. The number of hydrogen-bond donors (Lipinski definition) is 6. The van der Waals surface area contributed by atoms with E-state index in [1.807, 2.05) is 0 Å². The first-order chi connectivity index (χ1) is 29.2. The number of aliphatic hydroxyl groups excluding tert-OH is 2. The third kappa shape index (κ3) is 9.87. The Bertz CT molecular complexity index is 2130. The van der Waals surface area contributed by atoms with E-state index in [0.717, 1.165) is 32.4 Å². The number of piperazine rings is 1. The van der Waals surface area contributed by atoms with Crippen LogP contribution in [0.2, 0.25) is 0 Å². The summed E-state index contributed by atoms with van der Waals surface area (Å²) in [5, 5.41) is 64.5. The number of oxime groups is 1. The highest BCUT2D eigenvalue weighted by Gasteiger charge is 2.50. The molecule has 340 valence electrons. The van der Waals surface area contributed by atoms with Crippen LogP contribution < -0.4 is 10.1 Å². The highest BCUT2D eigenvalue weighted by atomic mass is 16.7. The second-order valence-corrected chi connectivity index (χ2v) is 16.8. The van der Waals surface area contributed by atoms with Crippen molar-refractivity contribution >= 4 is 40.3 Å². The molecule has 9 atom stereocenters. The Hall–Kier alpha value is -5.20. The van der Waals surface area contributed by atoms with E-state index in [-0.39, 0.29) is 51.1 Å². The Balaban J connectivity index is 1.64. The van der Waals surface area contributed by atoms with Crippen LogP contribution in [-0.4, -0.2) is 143 Å². The molecule has 1 fully saturated rings. The molecule has 5 bridgehead atoms. The lowest BCUT2D eigenvalue weighted by Crippen LogP contribution is -2.46. The first kappa shape index (κ1) is 47.8. The third-order valence-electron chi connectivity index (χ3n) is 12.4. The first-order valence-electron chi connectivity index (χ1n) is 20.9. The van der Waals surface area contributed by atoms with Gasteiger partial charge in [-0.15, -0.1) is 0 Å². The lowest BCUT2D eigenvalue weighted by molar-refractivity contribution is -0.160. The zero-order valence-electron chi connectivity index (χ0n) is 37.2. The fourth-order valence-corrected chi connectivity index (χ4v) is 8.26. The summed E-state index contributed by atoms with van der Waals surface area (Å²) in [7, 11) is 3.49. The zero-order chi connectivity index (χ0) is 45.8. The van der Waals surface area contributed by atoms with Gasteiger partial charge in [0.1, 0.15) is 30.0 Å². The molecular weight excluding hydrogens is 805 g/mol. The van der Waals surface area contributed by atoms with Crippen molar-refractivity contribution in [2.75, 3.05) is 58.8 Å². The predicted octanol–water partition coefficient (Wildman–Crippen LogP) is 4.35. The number of benzene rings is 2. The molecule has 6 N–H and O–H groups in total. The Morgan fingerprint density at radius 1 is 0.968 bits per heavy atom. The van der Waals surface area contributed by atoms with Crippen LogP contribution in [0.15, 0.2) is 41.3 Å². The van der Waals surface area contributed by atoms with Gasteiger partial charge in [-0.2, -0.15) is 0 Å². The number of amides is 1. The number of fused-ring (bicyclic) bond motifs is 14. The molecule has 17 heteroatoms. The maximum Gasteiger partial charge on any atom is 0.312 e. The van der Waals surface area contributed by atoms with E-state index in [9.17, 15) is 39.9 Å². The topological polar surface area (TPSA) is 229 Å². The van der Waals surface area contributed by atoms with Crippen LogP contribution in [0.1, 0.15) is 70.0 Å². The van der Waals surface area contributed by atoms with Gasteiger partial charge in [0.25, 0.3) is 11.7 Å². The van der Waals surface area contributed by atoms with E-state index in [1.54, 1.807) is 39.8 Å². The van der Waals surface area contributed by atoms with Crippen LogP contribution in [0.25, 0.3) is 10.8 Å². The summed E-state index contributed by atoms with van der Waals surface area (Å²) in [6.07, 6.45) is 4.58. The van der Waals surface area contributed by atoms with Gasteiger partial charge >= 0.3 is 11.8 Å². The van der Waals surface area contributed by atoms with E-state index in [1.165, 1.54) is 53.2 Å². The Labute approximate surface area is 362 Å². The molecule has 17 nitrogen and oxygen atoms in total. The maximum absolute atomic E-state index is 14.4. The number of nitrogens with zero attached hydrogens (tertiary/aromatic N) is 3. The standard InChI is InChI=1S/C45H62N4O13/c1-23-12-11-13-24(2)44(57)47-35-30(22-46-60-21-19-49-17-15-48(9)16-18-49)39(54)32-33(40(35)55)38(53)28(6)42-34(32)43(56)45(8,62-42)59-20-14-31(58-10)25(3)41(61-29(7)50)27(5)37(52)26(4)36(23)51/h11-14,20,22-23,25-27,31,36-37,41,51-55H,15-19,21H2,1-10H3,(H,47,57)/b12-11+,20-14+,24-13+,46-22-. The van der Waals surface area contributed by atoms with E-state index in [0.29, 0.717) is 6.54 Å². The summed E-state index contributed by atoms with van der Waals surface area (Å²) in [5.41, 5.74) is -0.582. The smallest absolute Gasteiger partial charge is 0.312 e. The van der Waals surface area contributed by atoms with Crippen LogP contribution in [0.3, 0.4) is 0 Å². The molecule has 0 radical (unpaired) electrons. The van der Waals surface area contributed by atoms with E-state index >= 15 is 0 Å². The van der Waals surface area contributed by atoms with Crippen LogP contribution in [0.5, 0.6) is 23.0 Å². The molecule has 0 saturated carbocycles. The first-order valence-corrected chi connectivity index (χ1v) is 20.9. The molecule has 2 aromatic carbocycles. The van der Waals surface area contributed by atoms with E-state index < -0.39 is 88.8 Å². The van der Waals surface area contributed by atoms with Crippen molar-refractivity contribution in [3.8, 4) is 23.0 Å². The van der Waals surface area contributed by atoms with Crippen molar-refractivity contribution in [3.05, 3.63) is 52.8 Å². The van der Waals surface area contributed by atoms with Crippen LogP contribution in [0, 0.1) is 30.6 Å². The monoisotopic (exact) mass is 866 g/mol. The summed E-state index contributed by atoms with van der Waals surface area (Å²) in [4.78, 5) is 50.6. The number of anilines is 1. The quantitative estimate of drug-likeness (QED) is 0.0568. The molecule has 4 aliphatic rings. The summed E-state index contributed by atoms with van der Waals surface area (Å²) < 4.78 is 23.6. The number of ether oxygens (including phenoxy) is 4.